The van der Waals surface area contributed by atoms with Gasteiger partial charge in [-0.1, -0.05) is 11.8 Å². The molecule has 0 spiro atoms. The van der Waals surface area contributed by atoms with Crippen LogP contribution in [0.4, 0.5) is 0 Å². The second-order valence-electron chi connectivity index (χ2n) is 7.20. The van der Waals surface area contributed by atoms with Crippen molar-refractivity contribution in [3.05, 3.63) is 0 Å². The molecule has 2 heterocycles. The van der Waals surface area contributed by atoms with Crippen molar-refractivity contribution in [1.29, 1.82) is 0 Å². The van der Waals surface area contributed by atoms with Crippen LogP contribution >= 0.6 is 0 Å². The standard InChI is InChI=1S/C17H29NO2/c1-14-12-18(13-15(2)19-14)11-7-10-17(5)9-6-8-16(3,4)20-17/h14-15H,6,8-9,11-13H2,1-5H3/t14-,15-,17-/m1/s1. The van der Waals surface area contributed by atoms with Crippen LogP contribution in [0, 0.1) is 11.8 Å². The molecule has 3 atom stereocenters. The van der Waals surface area contributed by atoms with Crippen molar-refractivity contribution < 1.29 is 9.47 Å². The highest BCUT2D eigenvalue weighted by Crippen LogP contribution is 2.34. The third-order valence-corrected chi connectivity index (χ3v) is 4.08. The molecule has 0 aromatic rings. The van der Waals surface area contributed by atoms with Gasteiger partial charge < -0.3 is 9.47 Å². The van der Waals surface area contributed by atoms with E-state index in [0.717, 1.165) is 32.5 Å². The number of hydrogen-bond acceptors (Lipinski definition) is 3. The zero-order chi connectivity index (χ0) is 14.8. The summed E-state index contributed by atoms with van der Waals surface area (Å²) >= 11 is 0. The van der Waals surface area contributed by atoms with Gasteiger partial charge in [0.1, 0.15) is 5.60 Å². The minimum Gasteiger partial charge on any atom is -0.373 e. The maximum Gasteiger partial charge on any atom is 0.126 e. The molecule has 3 nitrogen and oxygen atoms in total. The van der Waals surface area contributed by atoms with Crippen LogP contribution in [0.5, 0.6) is 0 Å². The summed E-state index contributed by atoms with van der Waals surface area (Å²) in [5, 5.41) is 0. The molecule has 0 aliphatic carbocycles. The second kappa shape index (κ2) is 6.05. The van der Waals surface area contributed by atoms with Crippen molar-refractivity contribution in [3.63, 3.8) is 0 Å². The van der Waals surface area contributed by atoms with Gasteiger partial charge in [0, 0.05) is 13.1 Å². The molecule has 0 saturated carbocycles. The van der Waals surface area contributed by atoms with Crippen molar-refractivity contribution in [1.82, 2.24) is 4.90 Å². The number of hydrogen-bond donors (Lipinski definition) is 0. The highest BCUT2D eigenvalue weighted by Gasteiger charge is 2.35. The molecule has 2 fully saturated rings. The largest absolute Gasteiger partial charge is 0.373 e. The van der Waals surface area contributed by atoms with Gasteiger partial charge in [-0.15, -0.1) is 0 Å². The van der Waals surface area contributed by atoms with E-state index in [1.54, 1.807) is 0 Å². The molecule has 0 unspecified atom stereocenters. The zero-order valence-electron chi connectivity index (χ0n) is 13.7. The van der Waals surface area contributed by atoms with Gasteiger partial charge in [-0.3, -0.25) is 4.90 Å². The Hall–Kier alpha value is -0.560. The lowest BCUT2D eigenvalue weighted by Crippen LogP contribution is -2.45. The van der Waals surface area contributed by atoms with Gasteiger partial charge in [0.25, 0.3) is 0 Å². The van der Waals surface area contributed by atoms with Gasteiger partial charge in [0.2, 0.25) is 0 Å². The fourth-order valence-electron chi connectivity index (χ4n) is 3.40. The number of rotatable bonds is 1. The third kappa shape index (κ3) is 4.48. The lowest BCUT2D eigenvalue weighted by atomic mass is 9.88. The molecule has 0 aromatic heterocycles. The average molecular weight is 279 g/mol. The first-order valence-corrected chi connectivity index (χ1v) is 7.86. The van der Waals surface area contributed by atoms with Crippen LogP contribution in [0.2, 0.25) is 0 Å². The smallest absolute Gasteiger partial charge is 0.126 e. The molecule has 0 bridgehead atoms. The molecular weight excluding hydrogens is 250 g/mol. The van der Waals surface area contributed by atoms with Gasteiger partial charge in [0.15, 0.2) is 0 Å². The number of ether oxygens (including phenoxy) is 2. The fraction of sp³-hybridized carbons (Fsp3) is 0.882. The summed E-state index contributed by atoms with van der Waals surface area (Å²) in [6.45, 7) is 13.5. The van der Waals surface area contributed by atoms with Gasteiger partial charge in [-0.05, 0) is 53.9 Å². The summed E-state index contributed by atoms with van der Waals surface area (Å²) in [7, 11) is 0. The summed E-state index contributed by atoms with van der Waals surface area (Å²) in [5.74, 6) is 6.72. The second-order valence-corrected chi connectivity index (χ2v) is 7.20. The molecule has 2 aliphatic rings. The third-order valence-electron chi connectivity index (χ3n) is 4.08. The zero-order valence-corrected chi connectivity index (χ0v) is 13.7. The normalized spacial score (nSPS) is 38.0. The minimum atomic E-state index is -0.273. The Morgan fingerprint density at radius 1 is 1.10 bits per heavy atom. The molecule has 2 saturated heterocycles. The molecule has 3 heteroatoms. The van der Waals surface area contributed by atoms with E-state index in [1.807, 2.05) is 0 Å². The molecule has 2 rings (SSSR count). The van der Waals surface area contributed by atoms with Crippen LogP contribution in [0.25, 0.3) is 0 Å². The van der Waals surface area contributed by atoms with E-state index in [0.29, 0.717) is 12.2 Å². The maximum absolute atomic E-state index is 6.18. The first-order valence-electron chi connectivity index (χ1n) is 7.86. The quantitative estimate of drug-likeness (QED) is 0.689. The van der Waals surface area contributed by atoms with Gasteiger partial charge in [0.05, 0.1) is 24.4 Å². The Morgan fingerprint density at radius 2 is 1.75 bits per heavy atom. The van der Waals surface area contributed by atoms with Crippen molar-refractivity contribution in [3.8, 4) is 11.8 Å². The Labute approximate surface area is 124 Å². The van der Waals surface area contributed by atoms with Gasteiger partial charge >= 0.3 is 0 Å². The Balaban J connectivity index is 1.90. The molecule has 2 aliphatic heterocycles. The molecular formula is C17H29NO2. The SMILES string of the molecule is C[C@@H]1CN(CC#C[C@@]2(C)CCCC(C)(C)O2)C[C@@H](C)O1. The molecule has 20 heavy (non-hydrogen) atoms. The summed E-state index contributed by atoms with van der Waals surface area (Å²) in [4.78, 5) is 2.38. The molecule has 0 aromatic carbocycles. The summed E-state index contributed by atoms with van der Waals surface area (Å²) in [6.07, 6.45) is 3.98. The molecule has 0 N–H and O–H groups in total. The van der Waals surface area contributed by atoms with Crippen molar-refractivity contribution >= 4 is 0 Å². The topological polar surface area (TPSA) is 21.7 Å². The van der Waals surface area contributed by atoms with E-state index >= 15 is 0 Å². The molecule has 114 valence electrons. The fourth-order valence-corrected chi connectivity index (χ4v) is 3.40. The van der Waals surface area contributed by atoms with Crippen LogP contribution in [0.1, 0.15) is 53.9 Å². The monoisotopic (exact) mass is 279 g/mol. The number of morpholine rings is 1. The maximum atomic E-state index is 6.18. The van der Waals surface area contributed by atoms with Crippen LogP contribution < -0.4 is 0 Å². The van der Waals surface area contributed by atoms with Crippen LogP contribution in [-0.2, 0) is 9.47 Å². The van der Waals surface area contributed by atoms with Crippen LogP contribution in [-0.4, -0.2) is 47.9 Å². The first kappa shape index (κ1) is 15.8. The lowest BCUT2D eigenvalue weighted by Gasteiger charge is -2.40. The van der Waals surface area contributed by atoms with E-state index in [9.17, 15) is 0 Å². The van der Waals surface area contributed by atoms with Crippen molar-refractivity contribution in [2.75, 3.05) is 19.6 Å². The Morgan fingerprint density at radius 3 is 2.35 bits per heavy atom. The highest BCUT2D eigenvalue weighted by atomic mass is 16.5. The minimum absolute atomic E-state index is 0.0380. The van der Waals surface area contributed by atoms with Crippen LogP contribution in [0.3, 0.4) is 0 Å². The van der Waals surface area contributed by atoms with Gasteiger partial charge in [-0.25, -0.2) is 0 Å². The molecule has 0 radical (unpaired) electrons. The van der Waals surface area contributed by atoms with Crippen molar-refractivity contribution in [2.24, 2.45) is 0 Å². The Kier molecular flexibility index (Phi) is 4.79. The summed E-state index contributed by atoms with van der Waals surface area (Å²) in [5.41, 5.74) is -0.311. The van der Waals surface area contributed by atoms with E-state index < -0.39 is 0 Å². The predicted molar refractivity (Wildman–Crippen MR) is 81.6 cm³/mol. The van der Waals surface area contributed by atoms with E-state index in [1.165, 1.54) is 6.42 Å². The highest BCUT2D eigenvalue weighted by molar-refractivity contribution is 5.16. The van der Waals surface area contributed by atoms with Crippen LogP contribution in [0.15, 0.2) is 0 Å². The molecule has 0 amide bonds. The average Bonchev–Trinajstić information content (AvgIpc) is 2.25. The summed E-state index contributed by atoms with van der Waals surface area (Å²) < 4.78 is 11.9. The Bertz CT molecular complexity index is 386. The van der Waals surface area contributed by atoms with E-state index in [4.69, 9.17) is 9.47 Å². The lowest BCUT2D eigenvalue weighted by molar-refractivity contribution is -0.135. The van der Waals surface area contributed by atoms with E-state index in [-0.39, 0.29) is 11.2 Å². The van der Waals surface area contributed by atoms with Gasteiger partial charge in [-0.2, -0.15) is 0 Å². The number of nitrogens with zero attached hydrogens (tertiary/aromatic N) is 1. The van der Waals surface area contributed by atoms with E-state index in [2.05, 4.69) is 51.4 Å². The predicted octanol–water partition coefficient (Wildman–Crippen LogP) is 2.84. The van der Waals surface area contributed by atoms with Crippen molar-refractivity contribution in [2.45, 2.75) is 77.3 Å². The first-order chi connectivity index (χ1) is 9.28. The summed E-state index contributed by atoms with van der Waals surface area (Å²) in [6, 6.07) is 0.